The van der Waals surface area contributed by atoms with Crippen LogP contribution in [0.25, 0.3) is 10.9 Å². The lowest BCUT2D eigenvalue weighted by Gasteiger charge is -2.28. The quantitative estimate of drug-likeness (QED) is 0.0201. The Hall–Kier alpha value is -9.15. The Bertz CT molecular complexity index is 2780. The van der Waals surface area contributed by atoms with E-state index in [1.807, 2.05) is 0 Å². The van der Waals surface area contributed by atoms with Crippen molar-refractivity contribution in [1.29, 1.82) is 0 Å². The standard InChI is InChI=1S/C51H85N23O11S/c1-25(2)38-47(85)70-33(15-16-37(52)76)43(81)71-34(21-26-22-65-28-10-4-3-9-27(26)28)44(82)73-36(24-86)46(84)69-31(13-7-19-63-50(57)58)41(79)67-29(11-5-17-61-48(53)54)39(77)66-30(12-6-18-62-49(55)56)40(78)68-32(14-8-20-64-51(59)60)42(80)72-35(23-75)45(83)74-38/h3-4,9-10,22,25,29-36,38,65,75,86H,5-8,11-21,23-24H2,1-2H3,(H2,52,76)(H,66,77)(H,67,79)(H,68,78)(H,69,84)(H,70,85)(H,71,81)(H,72,80)(H,73,82)(H,74,83)(H4,53,54,61)(H4,55,56,62)(H4,57,58,63)(H4,59,60,64)/t29-,30-,31-,32-,33-,34-,35-,36-,38-/m0/s1. The number of nitrogens with zero attached hydrogens (tertiary/aromatic N) is 4. The third-order valence-electron chi connectivity index (χ3n) is 13.2. The Morgan fingerprint density at radius 1 is 0.477 bits per heavy atom. The van der Waals surface area contributed by atoms with Crippen LogP contribution in [0.15, 0.2) is 50.4 Å². The van der Waals surface area contributed by atoms with E-state index in [2.05, 4.69) is 85.4 Å². The number of carbonyl (C=O) groups excluding carboxylic acids is 10. The number of aliphatic hydroxyl groups is 1. The molecule has 86 heavy (non-hydrogen) atoms. The van der Waals surface area contributed by atoms with Crippen molar-refractivity contribution in [2.45, 2.75) is 139 Å². The molecule has 3 rings (SSSR count). The van der Waals surface area contributed by atoms with Crippen molar-refractivity contribution in [3.05, 3.63) is 36.0 Å². The summed E-state index contributed by atoms with van der Waals surface area (Å²) < 4.78 is 0. The highest BCUT2D eigenvalue weighted by Gasteiger charge is 2.37. The van der Waals surface area contributed by atoms with Gasteiger partial charge in [-0.3, -0.25) is 67.9 Å². The van der Waals surface area contributed by atoms with Crippen LogP contribution >= 0.6 is 12.6 Å². The minimum Gasteiger partial charge on any atom is -0.394 e. The van der Waals surface area contributed by atoms with E-state index in [-0.39, 0.29) is 114 Å². The number of nitrogens with two attached hydrogens (primary N) is 9. The Kier molecular flexibility index (Phi) is 30.2. The second-order valence-electron chi connectivity index (χ2n) is 20.4. The number of aromatic amines is 1. The number of rotatable bonds is 24. The maximum absolute atomic E-state index is 14.6. The first-order valence-corrected chi connectivity index (χ1v) is 28.4. The first kappa shape index (κ1) is 71.1. The van der Waals surface area contributed by atoms with Gasteiger partial charge in [-0.25, -0.2) is 0 Å². The molecular weight excluding hydrogens is 1140 g/mol. The molecule has 1 aliphatic rings. The largest absolute Gasteiger partial charge is 0.394 e. The molecule has 0 unspecified atom stereocenters. The number of para-hydroxylation sites is 1. The van der Waals surface area contributed by atoms with E-state index in [4.69, 9.17) is 51.6 Å². The van der Waals surface area contributed by atoms with Gasteiger partial charge in [-0.05, 0) is 75.3 Å². The SMILES string of the molecule is CC(C)[C@@H]1NC(=O)[C@H](CO)NC(=O)[C@H](CCCN=C(N)N)NC(=O)[C@H](CCCN=C(N)N)NC(=O)[C@H](CCCN=C(N)N)NC(=O)[C@H](CCCN=C(N)N)NC(=O)[C@H](CS)NC(=O)[C@H](Cc2c[nH]c3ccccc23)NC(=O)[C@H](CCC(N)=O)NC1=O. The van der Waals surface area contributed by atoms with Crippen molar-refractivity contribution in [1.82, 2.24) is 52.8 Å². The van der Waals surface area contributed by atoms with Crippen LogP contribution in [0.2, 0.25) is 0 Å². The average molecular weight is 1230 g/mol. The zero-order valence-electron chi connectivity index (χ0n) is 48.1. The summed E-state index contributed by atoms with van der Waals surface area (Å²) in [5.74, 6) is -11.9. The van der Waals surface area contributed by atoms with E-state index in [1.54, 1.807) is 30.5 Å². The van der Waals surface area contributed by atoms with E-state index in [0.717, 1.165) is 0 Å². The number of thiol groups is 1. The summed E-state index contributed by atoms with van der Waals surface area (Å²) in [6.07, 6.45) is 0.0243. The van der Waals surface area contributed by atoms with Crippen molar-refractivity contribution in [2.75, 3.05) is 38.5 Å². The highest BCUT2D eigenvalue weighted by Crippen LogP contribution is 2.20. The molecular formula is C51H85N23O11S. The summed E-state index contributed by atoms with van der Waals surface area (Å²) in [5.41, 5.74) is 51.1. The molecule has 1 fully saturated rings. The van der Waals surface area contributed by atoms with E-state index >= 15 is 0 Å². The number of hydrogen-bond donors (Lipinski definition) is 21. The zero-order valence-corrected chi connectivity index (χ0v) is 49.0. The number of aromatic nitrogens is 1. The second kappa shape index (κ2) is 36.5. The fourth-order valence-electron chi connectivity index (χ4n) is 8.72. The van der Waals surface area contributed by atoms with Crippen LogP contribution < -0.4 is 99.5 Å². The number of nitrogens with one attached hydrogen (secondary N) is 10. The van der Waals surface area contributed by atoms with Crippen molar-refractivity contribution >= 4 is 106 Å². The van der Waals surface area contributed by atoms with E-state index in [1.165, 1.54) is 13.8 Å². The summed E-state index contributed by atoms with van der Waals surface area (Å²) in [7, 11) is 0. The fraction of sp³-hybridized carbons (Fsp3) is 0.569. The van der Waals surface area contributed by atoms with Gasteiger partial charge >= 0.3 is 0 Å². The molecule has 10 amide bonds. The fourth-order valence-corrected chi connectivity index (χ4v) is 8.98. The molecule has 29 N–H and O–H groups in total. The third kappa shape index (κ3) is 25.0. The van der Waals surface area contributed by atoms with Gasteiger partial charge in [0.2, 0.25) is 59.1 Å². The molecule has 34 nitrogen and oxygen atoms in total. The molecule has 2 aromatic rings. The number of aliphatic imine (C=N–C) groups is 4. The van der Waals surface area contributed by atoms with E-state index < -0.39 is 139 Å². The van der Waals surface area contributed by atoms with Gasteiger partial charge in [-0.15, -0.1) is 0 Å². The Balaban J connectivity index is 2.30. The van der Waals surface area contributed by atoms with Gasteiger partial charge in [0.15, 0.2) is 23.8 Å². The van der Waals surface area contributed by atoms with Gasteiger partial charge in [0.05, 0.1) is 6.61 Å². The Morgan fingerprint density at radius 2 is 0.814 bits per heavy atom. The monoisotopic (exact) mass is 1230 g/mol. The number of benzene rings is 1. The van der Waals surface area contributed by atoms with Gasteiger partial charge in [-0.2, -0.15) is 12.6 Å². The molecule has 2 heterocycles. The van der Waals surface area contributed by atoms with Gasteiger partial charge in [0, 0.05) is 61.9 Å². The molecule has 476 valence electrons. The van der Waals surface area contributed by atoms with Gasteiger partial charge < -0.3 is 110 Å². The highest BCUT2D eigenvalue weighted by molar-refractivity contribution is 7.80. The predicted molar refractivity (Wildman–Crippen MR) is 323 cm³/mol. The number of amides is 10. The molecule has 1 aromatic carbocycles. The van der Waals surface area contributed by atoms with E-state index in [0.29, 0.717) is 16.5 Å². The summed E-state index contributed by atoms with van der Waals surface area (Å²) in [4.78, 5) is 161. The van der Waals surface area contributed by atoms with Crippen molar-refractivity contribution in [2.24, 2.45) is 77.5 Å². The maximum Gasteiger partial charge on any atom is 0.245 e. The molecule has 0 bridgehead atoms. The molecule has 1 aliphatic heterocycles. The number of aliphatic hydroxyl groups excluding tert-OH is 1. The molecule has 0 spiro atoms. The Labute approximate surface area is 501 Å². The van der Waals surface area contributed by atoms with Crippen molar-refractivity contribution in [3.63, 3.8) is 0 Å². The first-order chi connectivity index (χ1) is 40.7. The minimum absolute atomic E-state index is 0.0250. The van der Waals surface area contributed by atoms with Crippen LogP contribution in [0.3, 0.4) is 0 Å². The predicted octanol–water partition coefficient (Wildman–Crippen LogP) is -7.85. The molecule has 1 aromatic heterocycles. The minimum atomic E-state index is -1.79. The molecule has 0 aliphatic carbocycles. The Morgan fingerprint density at radius 3 is 1.20 bits per heavy atom. The first-order valence-electron chi connectivity index (χ1n) is 27.7. The van der Waals surface area contributed by atoms with Gasteiger partial charge in [-0.1, -0.05) is 32.0 Å². The van der Waals surface area contributed by atoms with Crippen molar-refractivity contribution < 1.29 is 53.1 Å². The lowest BCUT2D eigenvalue weighted by Crippen LogP contribution is -2.61. The number of carbonyl (C=O) groups is 10. The molecule has 1 saturated heterocycles. The summed E-state index contributed by atoms with van der Waals surface area (Å²) in [5, 5.41) is 34.3. The summed E-state index contributed by atoms with van der Waals surface area (Å²) in [6.45, 7) is 1.89. The van der Waals surface area contributed by atoms with Crippen LogP contribution in [0.5, 0.6) is 0 Å². The maximum atomic E-state index is 14.6. The normalized spacial score (nSPS) is 22.6. The van der Waals surface area contributed by atoms with Gasteiger partial charge in [0.25, 0.3) is 0 Å². The smallest absolute Gasteiger partial charge is 0.245 e. The van der Waals surface area contributed by atoms with E-state index in [9.17, 15) is 53.1 Å². The van der Waals surface area contributed by atoms with Crippen LogP contribution in [0.1, 0.15) is 83.6 Å². The molecule has 9 atom stereocenters. The van der Waals surface area contributed by atoms with Crippen LogP contribution in [-0.2, 0) is 54.4 Å². The number of hydrogen-bond acceptors (Lipinski definition) is 16. The summed E-state index contributed by atoms with van der Waals surface area (Å²) in [6, 6.07) is -6.93. The zero-order chi connectivity index (χ0) is 64.0. The molecule has 0 radical (unpaired) electrons. The number of guanidine groups is 4. The van der Waals surface area contributed by atoms with Crippen LogP contribution in [-0.4, -0.2) is 186 Å². The topological polar surface area (TPSA) is 599 Å². The van der Waals surface area contributed by atoms with Crippen molar-refractivity contribution in [3.8, 4) is 0 Å². The molecule has 0 saturated carbocycles. The second-order valence-corrected chi connectivity index (χ2v) is 20.8. The summed E-state index contributed by atoms with van der Waals surface area (Å²) >= 11 is 4.35. The van der Waals surface area contributed by atoms with Crippen LogP contribution in [0, 0.1) is 5.92 Å². The lowest BCUT2D eigenvalue weighted by molar-refractivity contribution is -0.137. The number of H-pyrrole nitrogens is 1. The lowest BCUT2D eigenvalue weighted by atomic mass is 10.0. The van der Waals surface area contributed by atoms with Gasteiger partial charge in [0.1, 0.15) is 54.4 Å². The molecule has 35 heteroatoms. The average Bonchev–Trinajstić information content (AvgIpc) is 2.26. The van der Waals surface area contributed by atoms with Crippen LogP contribution in [0.4, 0.5) is 0 Å². The number of primary amides is 1. The third-order valence-corrected chi connectivity index (χ3v) is 13.6. The highest BCUT2D eigenvalue weighted by atomic mass is 32.1. The number of fused-ring (bicyclic) bond motifs is 1.